The first-order valence-electron chi connectivity index (χ1n) is 10.8. The molecule has 0 atom stereocenters. The Labute approximate surface area is 187 Å². The van der Waals surface area contributed by atoms with Crippen molar-refractivity contribution in [3.8, 4) is 0 Å². The zero-order valence-corrected chi connectivity index (χ0v) is 18.9. The molecule has 168 valence electrons. The van der Waals surface area contributed by atoms with Crippen LogP contribution in [0.1, 0.15) is 24.8 Å². The van der Waals surface area contributed by atoms with Crippen molar-refractivity contribution in [2.75, 3.05) is 19.6 Å². The number of hydrogen-bond acceptors (Lipinski definition) is 4. The first-order valence-corrected chi connectivity index (χ1v) is 12.3. The number of amides is 2. The Kier molecular flexibility index (Phi) is 6.32. The molecule has 8 heteroatoms. The van der Waals surface area contributed by atoms with E-state index in [1.54, 1.807) is 47.2 Å². The standard InChI is InChI=1S/C24H27N3O4S/c1-18-9-11-19(12-10-18)32(30,31)22-16-27(21-7-3-2-6-20(21)22)17-23(28)25-13-5-15-26-14-4-8-24(26)29/h2-3,6-7,9-12,16H,4-5,8,13-15,17H2,1H3,(H,25,28). The minimum atomic E-state index is -3.72. The fourth-order valence-electron chi connectivity index (χ4n) is 4.05. The largest absolute Gasteiger partial charge is 0.354 e. The molecule has 2 aromatic carbocycles. The van der Waals surface area contributed by atoms with Crippen LogP contribution in [0.15, 0.2) is 64.5 Å². The van der Waals surface area contributed by atoms with Gasteiger partial charge in [-0.2, -0.15) is 0 Å². The molecule has 1 saturated heterocycles. The van der Waals surface area contributed by atoms with Crippen LogP contribution in [0, 0.1) is 6.92 Å². The number of rotatable bonds is 8. The summed E-state index contributed by atoms with van der Waals surface area (Å²) in [6.45, 7) is 3.83. The van der Waals surface area contributed by atoms with Crippen molar-refractivity contribution >= 4 is 32.6 Å². The molecule has 3 aromatic rings. The molecule has 4 rings (SSSR count). The smallest absolute Gasteiger partial charge is 0.239 e. The van der Waals surface area contributed by atoms with Crippen LogP contribution >= 0.6 is 0 Å². The maximum absolute atomic E-state index is 13.3. The van der Waals surface area contributed by atoms with E-state index in [1.165, 1.54) is 0 Å². The Morgan fingerprint density at radius 3 is 2.56 bits per heavy atom. The summed E-state index contributed by atoms with van der Waals surface area (Å²) in [5.41, 5.74) is 1.67. The van der Waals surface area contributed by atoms with Gasteiger partial charge in [0.15, 0.2) is 0 Å². The zero-order valence-electron chi connectivity index (χ0n) is 18.1. The van der Waals surface area contributed by atoms with Gasteiger partial charge in [0.2, 0.25) is 21.7 Å². The van der Waals surface area contributed by atoms with Crippen LogP contribution in [0.2, 0.25) is 0 Å². The minimum Gasteiger partial charge on any atom is -0.354 e. The molecule has 0 radical (unpaired) electrons. The summed E-state index contributed by atoms with van der Waals surface area (Å²) < 4.78 is 28.2. The van der Waals surface area contributed by atoms with E-state index in [-0.39, 0.29) is 28.2 Å². The van der Waals surface area contributed by atoms with E-state index in [4.69, 9.17) is 0 Å². The second-order valence-electron chi connectivity index (χ2n) is 8.14. The van der Waals surface area contributed by atoms with E-state index >= 15 is 0 Å². The van der Waals surface area contributed by atoms with Crippen molar-refractivity contribution in [3.63, 3.8) is 0 Å². The van der Waals surface area contributed by atoms with Gasteiger partial charge in [-0.05, 0) is 38.0 Å². The predicted molar refractivity (Wildman–Crippen MR) is 122 cm³/mol. The molecule has 32 heavy (non-hydrogen) atoms. The van der Waals surface area contributed by atoms with Crippen molar-refractivity contribution in [3.05, 3.63) is 60.3 Å². The van der Waals surface area contributed by atoms with E-state index in [0.29, 0.717) is 36.8 Å². The van der Waals surface area contributed by atoms with Crippen LogP contribution in [0.3, 0.4) is 0 Å². The molecule has 2 amide bonds. The van der Waals surface area contributed by atoms with Crippen molar-refractivity contribution in [2.24, 2.45) is 0 Å². The fraction of sp³-hybridized carbons (Fsp3) is 0.333. The number of likely N-dealkylation sites (tertiary alicyclic amines) is 1. The summed E-state index contributed by atoms with van der Waals surface area (Å²) in [6, 6.07) is 14.0. The van der Waals surface area contributed by atoms with Crippen LogP contribution in [-0.4, -0.2) is 49.3 Å². The van der Waals surface area contributed by atoms with Gasteiger partial charge < -0.3 is 14.8 Å². The number of carbonyl (C=O) groups is 2. The Bertz CT molecular complexity index is 1250. The maximum atomic E-state index is 13.3. The highest BCUT2D eigenvalue weighted by Crippen LogP contribution is 2.30. The van der Waals surface area contributed by atoms with E-state index in [0.717, 1.165) is 18.5 Å². The molecule has 1 aromatic heterocycles. The molecule has 0 bridgehead atoms. The molecular weight excluding hydrogens is 426 g/mol. The van der Waals surface area contributed by atoms with E-state index < -0.39 is 9.84 Å². The number of hydrogen-bond donors (Lipinski definition) is 1. The van der Waals surface area contributed by atoms with Crippen LogP contribution in [0.5, 0.6) is 0 Å². The third kappa shape index (κ3) is 4.55. The quantitative estimate of drug-likeness (QED) is 0.531. The lowest BCUT2D eigenvalue weighted by molar-refractivity contribution is -0.127. The summed E-state index contributed by atoms with van der Waals surface area (Å²) in [6.07, 6.45) is 3.75. The average Bonchev–Trinajstić information content (AvgIpc) is 3.35. The average molecular weight is 454 g/mol. The summed E-state index contributed by atoms with van der Waals surface area (Å²) in [5, 5.41) is 3.46. The number of aryl methyl sites for hydroxylation is 1. The van der Waals surface area contributed by atoms with Gasteiger partial charge in [0.05, 0.1) is 9.79 Å². The molecule has 1 N–H and O–H groups in total. The molecule has 1 aliphatic rings. The van der Waals surface area contributed by atoms with Crippen LogP contribution in [0.25, 0.3) is 10.9 Å². The molecule has 0 unspecified atom stereocenters. The fourth-order valence-corrected chi connectivity index (χ4v) is 5.53. The molecule has 0 saturated carbocycles. The third-order valence-corrected chi connectivity index (χ3v) is 7.58. The van der Waals surface area contributed by atoms with Gasteiger partial charge in [0.1, 0.15) is 6.54 Å². The normalized spacial score (nSPS) is 14.3. The Hall–Kier alpha value is -3.13. The molecule has 7 nitrogen and oxygen atoms in total. The lowest BCUT2D eigenvalue weighted by Gasteiger charge is -2.15. The van der Waals surface area contributed by atoms with Crippen molar-refractivity contribution < 1.29 is 18.0 Å². The summed E-state index contributed by atoms with van der Waals surface area (Å²) in [7, 11) is -3.72. The zero-order chi connectivity index (χ0) is 22.7. The third-order valence-electron chi connectivity index (χ3n) is 5.79. The number of nitrogens with zero attached hydrogens (tertiary/aromatic N) is 2. The number of para-hydroxylation sites is 1. The monoisotopic (exact) mass is 453 g/mol. The van der Waals surface area contributed by atoms with Gasteiger partial charge in [-0.3, -0.25) is 9.59 Å². The van der Waals surface area contributed by atoms with Gasteiger partial charge in [-0.25, -0.2) is 8.42 Å². The highest BCUT2D eigenvalue weighted by Gasteiger charge is 2.24. The van der Waals surface area contributed by atoms with Gasteiger partial charge >= 0.3 is 0 Å². The van der Waals surface area contributed by atoms with Gasteiger partial charge in [-0.1, -0.05) is 35.9 Å². The van der Waals surface area contributed by atoms with Crippen LogP contribution in [-0.2, 0) is 26.0 Å². The first-order chi connectivity index (χ1) is 15.4. The summed E-state index contributed by atoms with van der Waals surface area (Å²) in [5.74, 6) is -0.0183. The number of carbonyl (C=O) groups excluding carboxylic acids is 2. The predicted octanol–water partition coefficient (Wildman–Crippen LogP) is 2.91. The second kappa shape index (κ2) is 9.16. The molecular formula is C24H27N3O4S. The SMILES string of the molecule is Cc1ccc(S(=O)(=O)c2cn(CC(=O)NCCCN3CCCC3=O)c3ccccc23)cc1. The lowest BCUT2D eigenvalue weighted by Crippen LogP contribution is -2.32. The number of benzene rings is 2. The first kappa shape index (κ1) is 22.1. The number of fused-ring (bicyclic) bond motifs is 1. The van der Waals surface area contributed by atoms with E-state index in [9.17, 15) is 18.0 Å². The molecule has 0 aliphatic carbocycles. The summed E-state index contributed by atoms with van der Waals surface area (Å²) >= 11 is 0. The second-order valence-corrected chi connectivity index (χ2v) is 10.1. The van der Waals surface area contributed by atoms with Crippen LogP contribution in [0.4, 0.5) is 0 Å². The van der Waals surface area contributed by atoms with Gasteiger partial charge in [-0.15, -0.1) is 0 Å². The van der Waals surface area contributed by atoms with Crippen molar-refractivity contribution in [1.82, 2.24) is 14.8 Å². The Morgan fingerprint density at radius 2 is 1.84 bits per heavy atom. The minimum absolute atomic E-state index is 0.0204. The van der Waals surface area contributed by atoms with Gasteiger partial charge in [0.25, 0.3) is 0 Å². The highest BCUT2D eigenvalue weighted by molar-refractivity contribution is 7.91. The van der Waals surface area contributed by atoms with Crippen molar-refractivity contribution in [1.29, 1.82) is 0 Å². The number of nitrogens with one attached hydrogen (secondary N) is 1. The van der Waals surface area contributed by atoms with E-state index in [2.05, 4.69) is 5.32 Å². The maximum Gasteiger partial charge on any atom is 0.239 e. The van der Waals surface area contributed by atoms with Crippen molar-refractivity contribution in [2.45, 2.75) is 42.5 Å². The van der Waals surface area contributed by atoms with Gasteiger partial charge in [0, 0.05) is 43.2 Å². The molecule has 2 heterocycles. The number of sulfone groups is 1. The molecule has 1 fully saturated rings. The van der Waals surface area contributed by atoms with E-state index in [1.807, 2.05) is 24.0 Å². The Balaban J connectivity index is 1.48. The lowest BCUT2D eigenvalue weighted by atomic mass is 10.2. The summed E-state index contributed by atoms with van der Waals surface area (Å²) in [4.78, 5) is 26.4. The molecule has 0 spiro atoms. The van der Waals surface area contributed by atoms with Crippen LogP contribution < -0.4 is 5.32 Å². The Morgan fingerprint density at radius 1 is 1.09 bits per heavy atom. The highest BCUT2D eigenvalue weighted by atomic mass is 32.2. The molecule has 1 aliphatic heterocycles. The number of aromatic nitrogens is 1. The topological polar surface area (TPSA) is 88.5 Å².